The molecule has 0 aliphatic carbocycles. The lowest BCUT2D eigenvalue weighted by Crippen LogP contribution is -2.29. The molecule has 0 N–H and O–H groups in total. The van der Waals surface area contributed by atoms with Crippen molar-refractivity contribution < 1.29 is 17.9 Å². The summed E-state index contributed by atoms with van der Waals surface area (Å²) in [6.45, 7) is 0. The molecular formula is C16H13Cl2NO4S. The molecule has 1 atom stereocenters. The van der Waals surface area contributed by atoms with E-state index in [9.17, 15) is 13.2 Å². The molecule has 126 valence electrons. The van der Waals surface area contributed by atoms with Gasteiger partial charge < -0.3 is 4.74 Å². The lowest BCUT2D eigenvalue weighted by molar-refractivity contribution is -0.115. The van der Waals surface area contributed by atoms with Crippen molar-refractivity contribution in [2.45, 2.75) is 5.37 Å². The van der Waals surface area contributed by atoms with Gasteiger partial charge in [0, 0.05) is 5.69 Å². The maximum absolute atomic E-state index is 12.5. The van der Waals surface area contributed by atoms with Gasteiger partial charge in [0.05, 0.1) is 17.2 Å². The first-order valence-corrected chi connectivity index (χ1v) is 9.43. The van der Waals surface area contributed by atoms with Crippen molar-refractivity contribution in [2.24, 2.45) is 0 Å². The second-order valence-corrected chi connectivity index (χ2v) is 8.17. The molecule has 1 fully saturated rings. The van der Waals surface area contributed by atoms with E-state index in [1.54, 1.807) is 30.3 Å². The fourth-order valence-corrected chi connectivity index (χ4v) is 4.72. The Morgan fingerprint density at radius 1 is 1.08 bits per heavy atom. The number of rotatable bonds is 3. The van der Waals surface area contributed by atoms with Crippen LogP contribution in [0.2, 0.25) is 10.0 Å². The van der Waals surface area contributed by atoms with E-state index < -0.39 is 26.9 Å². The Hall–Kier alpha value is -1.76. The molecule has 24 heavy (non-hydrogen) atoms. The summed E-state index contributed by atoms with van der Waals surface area (Å²) in [7, 11) is -2.15. The molecule has 0 bridgehead atoms. The molecule has 0 aromatic heterocycles. The first-order valence-electron chi connectivity index (χ1n) is 6.96. The molecule has 3 rings (SSSR count). The molecule has 0 radical (unpaired) electrons. The average Bonchev–Trinajstić information content (AvgIpc) is 2.79. The topological polar surface area (TPSA) is 63.7 Å². The number of sulfone groups is 1. The molecule has 1 aliphatic heterocycles. The van der Waals surface area contributed by atoms with Gasteiger partial charge in [-0.2, -0.15) is 0 Å². The van der Waals surface area contributed by atoms with Gasteiger partial charge in [-0.3, -0.25) is 9.69 Å². The van der Waals surface area contributed by atoms with Gasteiger partial charge >= 0.3 is 0 Å². The normalized spacial score (nSPS) is 19.5. The lowest BCUT2D eigenvalue weighted by Gasteiger charge is -2.24. The maximum Gasteiger partial charge on any atom is 0.243 e. The predicted molar refractivity (Wildman–Crippen MR) is 93.5 cm³/mol. The van der Waals surface area contributed by atoms with Crippen molar-refractivity contribution in [3.8, 4) is 5.75 Å². The highest BCUT2D eigenvalue weighted by atomic mass is 35.5. The summed E-state index contributed by atoms with van der Waals surface area (Å²) in [6.07, 6.45) is 0. The molecule has 5 nitrogen and oxygen atoms in total. The second kappa shape index (κ2) is 6.27. The Kier molecular flexibility index (Phi) is 4.46. The highest BCUT2D eigenvalue weighted by molar-refractivity contribution is 7.93. The highest BCUT2D eigenvalue weighted by Gasteiger charge is 2.45. The molecule has 0 saturated carbocycles. The Morgan fingerprint density at radius 2 is 1.75 bits per heavy atom. The Balaban J connectivity index is 2.11. The summed E-state index contributed by atoms with van der Waals surface area (Å²) in [5, 5.41) is -0.524. The number of benzene rings is 2. The summed E-state index contributed by atoms with van der Waals surface area (Å²) in [6, 6.07) is 11.2. The zero-order valence-corrected chi connectivity index (χ0v) is 14.9. The van der Waals surface area contributed by atoms with Gasteiger partial charge in [0.25, 0.3) is 0 Å². The Labute approximate surface area is 149 Å². The van der Waals surface area contributed by atoms with Crippen LogP contribution in [0.25, 0.3) is 0 Å². The van der Waals surface area contributed by atoms with Crippen LogP contribution >= 0.6 is 23.2 Å². The molecule has 8 heteroatoms. The van der Waals surface area contributed by atoms with Crippen molar-refractivity contribution >= 4 is 44.6 Å². The van der Waals surface area contributed by atoms with E-state index in [1.165, 1.54) is 24.1 Å². The van der Waals surface area contributed by atoms with E-state index in [-0.39, 0.29) is 5.02 Å². The molecule has 0 spiro atoms. The second-order valence-electron chi connectivity index (χ2n) is 5.29. The van der Waals surface area contributed by atoms with Gasteiger partial charge in [-0.05, 0) is 35.9 Å². The van der Waals surface area contributed by atoms with Gasteiger partial charge in [-0.25, -0.2) is 8.42 Å². The summed E-state index contributed by atoms with van der Waals surface area (Å²) in [5.74, 6) is -0.458. The number of ether oxygens (including phenoxy) is 1. The minimum absolute atomic E-state index is 0.250. The number of carbonyl (C=O) groups is 1. The molecule has 1 unspecified atom stereocenters. The lowest BCUT2D eigenvalue weighted by atomic mass is 10.2. The van der Waals surface area contributed by atoms with Gasteiger partial charge in [-0.1, -0.05) is 35.3 Å². The number of hydrogen-bond donors (Lipinski definition) is 0. The van der Waals surface area contributed by atoms with E-state index in [1.807, 2.05) is 0 Å². The molecule has 1 amide bonds. The Bertz CT molecular complexity index is 897. The monoisotopic (exact) mass is 385 g/mol. The van der Waals surface area contributed by atoms with E-state index >= 15 is 0 Å². The minimum atomic E-state index is -3.67. The maximum atomic E-state index is 12.5. The first kappa shape index (κ1) is 17.1. The number of nitrogens with zero attached hydrogens (tertiary/aromatic N) is 1. The van der Waals surface area contributed by atoms with E-state index in [0.717, 1.165) is 0 Å². The van der Waals surface area contributed by atoms with Crippen molar-refractivity contribution in [2.75, 3.05) is 17.8 Å². The van der Waals surface area contributed by atoms with E-state index in [2.05, 4.69) is 0 Å². The number of carbonyl (C=O) groups excluding carboxylic acids is 1. The fourth-order valence-electron chi connectivity index (χ4n) is 2.65. The summed E-state index contributed by atoms with van der Waals surface area (Å²) < 4.78 is 30.1. The van der Waals surface area contributed by atoms with Crippen LogP contribution in [-0.4, -0.2) is 27.2 Å². The number of amides is 1. The molecule has 1 aliphatic rings. The fraction of sp³-hybridized carbons (Fsp3) is 0.188. The quantitative estimate of drug-likeness (QED) is 0.811. The first-order chi connectivity index (χ1) is 11.3. The summed E-state index contributed by atoms with van der Waals surface area (Å²) >= 11 is 11.9. The number of hydrogen-bond acceptors (Lipinski definition) is 4. The van der Waals surface area contributed by atoms with Gasteiger partial charge in [0.2, 0.25) is 5.91 Å². The molecule has 1 saturated heterocycles. The van der Waals surface area contributed by atoms with Crippen molar-refractivity contribution in [1.82, 2.24) is 0 Å². The van der Waals surface area contributed by atoms with Crippen LogP contribution in [0, 0.1) is 0 Å². The van der Waals surface area contributed by atoms with Gasteiger partial charge in [0.15, 0.2) is 15.2 Å². The smallest absolute Gasteiger partial charge is 0.243 e. The highest BCUT2D eigenvalue weighted by Crippen LogP contribution is 2.39. The Morgan fingerprint density at radius 3 is 2.33 bits per heavy atom. The zero-order valence-electron chi connectivity index (χ0n) is 12.6. The van der Waals surface area contributed by atoms with Crippen molar-refractivity contribution in [1.29, 1.82) is 0 Å². The zero-order chi connectivity index (χ0) is 17.5. The third-order valence-electron chi connectivity index (χ3n) is 3.75. The average molecular weight is 386 g/mol. The van der Waals surface area contributed by atoms with Crippen LogP contribution in [0.1, 0.15) is 10.9 Å². The van der Waals surface area contributed by atoms with E-state index in [0.29, 0.717) is 22.0 Å². The van der Waals surface area contributed by atoms with Crippen LogP contribution in [-0.2, 0) is 14.6 Å². The van der Waals surface area contributed by atoms with Crippen LogP contribution < -0.4 is 9.64 Å². The van der Waals surface area contributed by atoms with Crippen LogP contribution in [0.3, 0.4) is 0 Å². The van der Waals surface area contributed by atoms with Crippen molar-refractivity contribution in [3.05, 3.63) is 58.1 Å². The largest absolute Gasteiger partial charge is 0.497 e. The van der Waals surface area contributed by atoms with Crippen LogP contribution in [0.15, 0.2) is 42.5 Å². The van der Waals surface area contributed by atoms with E-state index in [4.69, 9.17) is 27.9 Å². The third-order valence-corrected chi connectivity index (χ3v) is 6.30. The molecular weight excluding hydrogens is 373 g/mol. The van der Waals surface area contributed by atoms with Crippen molar-refractivity contribution in [3.63, 3.8) is 0 Å². The standard InChI is InChI=1S/C16H13Cl2NO4S/c1-23-12-5-2-10(3-6-12)16-19(15(20)9-24(16,21)22)11-4-7-13(17)14(18)8-11/h2-8,16H,9H2,1H3. The summed E-state index contributed by atoms with van der Waals surface area (Å²) in [5.41, 5.74) is 0.865. The van der Waals surface area contributed by atoms with Gasteiger partial charge in [0.1, 0.15) is 11.5 Å². The SMILES string of the molecule is COc1ccc(C2N(c3ccc(Cl)c(Cl)c3)C(=O)CS2(=O)=O)cc1. The number of anilines is 1. The van der Waals surface area contributed by atoms with Crippen LogP contribution in [0.5, 0.6) is 5.75 Å². The predicted octanol–water partition coefficient (Wildman–Crippen LogP) is 3.46. The van der Waals surface area contributed by atoms with Crippen LogP contribution in [0.4, 0.5) is 5.69 Å². The number of methoxy groups -OCH3 is 1. The minimum Gasteiger partial charge on any atom is -0.497 e. The molecule has 2 aromatic rings. The molecule has 1 heterocycles. The summed E-state index contributed by atoms with van der Waals surface area (Å²) in [4.78, 5) is 13.6. The van der Waals surface area contributed by atoms with Gasteiger partial charge in [-0.15, -0.1) is 0 Å². The number of halogens is 2. The molecule has 2 aromatic carbocycles. The third kappa shape index (κ3) is 2.97.